The minimum absolute atomic E-state index is 0.0254. The SMILES string of the molecule is CCS(=O)(=O)CCn1cc(NC(=O)Cc2c(C)noc2C)cn1. The van der Waals surface area contributed by atoms with Gasteiger partial charge in [0.25, 0.3) is 0 Å². The van der Waals surface area contributed by atoms with Crippen molar-refractivity contribution in [2.24, 2.45) is 0 Å². The van der Waals surface area contributed by atoms with Crippen molar-refractivity contribution in [1.29, 1.82) is 0 Å². The lowest BCUT2D eigenvalue weighted by molar-refractivity contribution is -0.115. The third-order valence-corrected chi connectivity index (χ3v) is 5.19. The molecule has 0 unspecified atom stereocenters. The van der Waals surface area contributed by atoms with Crippen molar-refractivity contribution < 1.29 is 17.7 Å². The minimum Gasteiger partial charge on any atom is -0.361 e. The fourth-order valence-corrected chi connectivity index (χ4v) is 2.80. The average molecular weight is 340 g/mol. The van der Waals surface area contributed by atoms with E-state index in [1.807, 2.05) is 0 Å². The molecule has 9 heteroatoms. The largest absolute Gasteiger partial charge is 0.361 e. The van der Waals surface area contributed by atoms with Crippen LogP contribution >= 0.6 is 0 Å². The number of hydrogen-bond donors (Lipinski definition) is 1. The zero-order valence-corrected chi connectivity index (χ0v) is 14.2. The van der Waals surface area contributed by atoms with Gasteiger partial charge in [0.05, 0.1) is 36.3 Å². The van der Waals surface area contributed by atoms with Crippen LogP contribution in [-0.4, -0.2) is 40.8 Å². The molecule has 0 aliphatic heterocycles. The van der Waals surface area contributed by atoms with E-state index in [1.54, 1.807) is 27.0 Å². The molecule has 0 bridgehead atoms. The number of aryl methyl sites for hydroxylation is 3. The van der Waals surface area contributed by atoms with Gasteiger partial charge in [-0.1, -0.05) is 12.1 Å². The minimum atomic E-state index is -3.04. The number of nitrogens with zero attached hydrogens (tertiary/aromatic N) is 3. The molecule has 23 heavy (non-hydrogen) atoms. The maximum absolute atomic E-state index is 12.0. The van der Waals surface area contributed by atoms with Gasteiger partial charge in [-0.2, -0.15) is 5.10 Å². The van der Waals surface area contributed by atoms with Crippen LogP contribution in [0.2, 0.25) is 0 Å². The molecule has 2 heterocycles. The van der Waals surface area contributed by atoms with Gasteiger partial charge in [0, 0.05) is 17.5 Å². The fourth-order valence-electron chi connectivity index (χ4n) is 2.05. The first-order valence-corrected chi connectivity index (χ1v) is 9.07. The fraction of sp³-hybridized carbons (Fsp3) is 0.500. The van der Waals surface area contributed by atoms with Crippen LogP contribution in [0.5, 0.6) is 0 Å². The summed E-state index contributed by atoms with van der Waals surface area (Å²) >= 11 is 0. The Morgan fingerprint density at radius 2 is 2.13 bits per heavy atom. The van der Waals surface area contributed by atoms with Gasteiger partial charge in [-0.15, -0.1) is 0 Å². The second-order valence-electron chi connectivity index (χ2n) is 5.26. The number of amides is 1. The summed E-state index contributed by atoms with van der Waals surface area (Å²) in [5, 5.41) is 10.6. The van der Waals surface area contributed by atoms with E-state index >= 15 is 0 Å². The Morgan fingerprint density at radius 3 is 2.74 bits per heavy atom. The molecule has 0 radical (unpaired) electrons. The molecule has 1 N–H and O–H groups in total. The van der Waals surface area contributed by atoms with Crippen LogP contribution in [0.3, 0.4) is 0 Å². The predicted octanol–water partition coefficient (Wildman–Crippen LogP) is 1.10. The molecule has 126 valence electrons. The molecule has 1 amide bonds. The summed E-state index contributed by atoms with van der Waals surface area (Å²) < 4.78 is 29.5. The Hall–Kier alpha value is -2.16. The molecule has 0 atom stereocenters. The van der Waals surface area contributed by atoms with E-state index in [2.05, 4.69) is 15.6 Å². The van der Waals surface area contributed by atoms with E-state index in [0.29, 0.717) is 17.1 Å². The van der Waals surface area contributed by atoms with E-state index in [9.17, 15) is 13.2 Å². The lowest BCUT2D eigenvalue weighted by Crippen LogP contribution is -2.15. The van der Waals surface area contributed by atoms with E-state index in [-0.39, 0.29) is 30.4 Å². The van der Waals surface area contributed by atoms with Gasteiger partial charge in [0.15, 0.2) is 9.84 Å². The maximum Gasteiger partial charge on any atom is 0.229 e. The Bertz CT molecular complexity index is 772. The summed E-state index contributed by atoms with van der Waals surface area (Å²) in [7, 11) is -3.04. The monoisotopic (exact) mass is 340 g/mol. The van der Waals surface area contributed by atoms with Crippen LogP contribution in [0.25, 0.3) is 0 Å². The Kier molecular flexibility index (Phi) is 5.19. The highest BCUT2D eigenvalue weighted by molar-refractivity contribution is 7.91. The Labute approximate surface area is 134 Å². The topological polar surface area (TPSA) is 107 Å². The Morgan fingerprint density at radius 1 is 1.39 bits per heavy atom. The van der Waals surface area contributed by atoms with Crippen molar-refractivity contribution in [3.05, 3.63) is 29.4 Å². The van der Waals surface area contributed by atoms with Gasteiger partial charge in [-0.3, -0.25) is 9.48 Å². The van der Waals surface area contributed by atoms with Crippen LogP contribution in [0, 0.1) is 13.8 Å². The molecule has 0 spiro atoms. The summed E-state index contributed by atoms with van der Waals surface area (Å²) in [6, 6.07) is 0. The zero-order chi connectivity index (χ0) is 17.0. The standard InChI is InChI=1S/C14H20N4O4S/c1-4-23(20,21)6-5-18-9-12(8-15-18)16-14(19)7-13-10(2)17-22-11(13)3/h8-9H,4-7H2,1-3H3,(H,16,19). The first-order valence-electron chi connectivity index (χ1n) is 7.25. The summed E-state index contributed by atoms with van der Waals surface area (Å²) in [5.41, 5.74) is 1.98. The summed E-state index contributed by atoms with van der Waals surface area (Å²) in [6.45, 7) is 5.41. The summed E-state index contributed by atoms with van der Waals surface area (Å²) in [6.07, 6.45) is 3.26. The van der Waals surface area contributed by atoms with Gasteiger partial charge in [0.1, 0.15) is 5.76 Å². The van der Waals surface area contributed by atoms with Crippen LogP contribution in [0.1, 0.15) is 23.9 Å². The molecule has 0 fully saturated rings. The van der Waals surface area contributed by atoms with Gasteiger partial charge in [-0.05, 0) is 13.8 Å². The molecular weight excluding hydrogens is 320 g/mol. The van der Waals surface area contributed by atoms with Crippen molar-refractivity contribution in [2.45, 2.75) is 33.7 Å². The molecule has 2 aromatic rings. The molecule has 2 rings (SSSR count). The summed E-state index contributed by atoms with van der Waals surface area (Å²) in [4.78, 5) is 12.0. The molecule has 0 saturated carbocycles. The van der Waals surface area contributed by atoms with Crippen molar-refractivity contribution in [3.63, 3.8) is 0 Å². The number of aromatic nitrogens is 3. The van der Waals surface area contributed by atoms with Gasteiger partial charge in [0.2, 0.25) is 5.91 Å². The maximum atomic E-state index is 12.0. The Balaban J connectivity index is 1.92. The van der Waals surface area contributed by atoms with Crippen molar-refractivity contribution in [3.8, 4) is 0 Å². The van der Waals surface area contributed by atoms with Crippen LogP contribution in [0.4, 0.5) is 5.69 Å². The first kappa shape index (κ1) is 17.2. The second kappa shape index (κ2) is 6.95. The predicted molar refractivity (Wildman–Crippen MR) is 84.9 cm³/mol. The number of nitrogens with one attached hydrogen (secondary N) is 1. The van der Waals surface area contributed by atoms with Gasteiger partial charge >= 0.3 is 0 Å². The number of carbonyl (C=O) groups is 1. The highest BCUT2D eigenvalue weighted by atomic mass is 32.2. The molecule has 0 aliphatic carbocycles. The van der Waals surface area contributed by atoms with Crippen molar-refractivity contribution in [1.82, 2.24) is 14.9 Å². The second-order valence-corrected chi connectivity index (χ2v) is 7.73. The number of rotatable bonds is 7. The number of anilines is 1. The lowest BCUT2D eigenvalue weighted by atomic mass is 10.1. The smallest absolute Gasteiger partial charge is 0.229 e. The van der Waals surface area contributed by atoms with Crippen LogP contribution < -0.4 is 5.32 Å². The molecule has 0 aromatic carbocycles. The number of sulfone groups is 1. The normalized spacial score (nSPS) is 11.6. The summed E-state index contributed by atoms with van der Waals surface area (Å²) in [5.74, 6) is 0.547. The third kappa shape index (κ3) is 4.65. The molecular formula is C14H20N4O4S. The van der Waals surface area contributed by atoms with E-state index in [1.165, 1.54) is 10.9 Å². The number of carbonyl (C=O) groups excluding carboxylic acids is 1. The molecule has 0 aliphatic rings. The van der Waals surface area contributed by atoms with E-state index in [4.69, 9.17) is 4.52 Å². The van der Waals surface area contributed by atoms with E-state index in [0.717, 1.165) is 5.56 Å². The molecule has 0 saturated heterocycles. The lowest BCUT2D eigenvalue weighted by Gasteiger charge is -2.03. The van der Waals surface area contributed by atoms with Gasteiger partial charge in [-0.25, -0.2) is 8.42 Å². The zero-order valence-electron chi connectivity index (χ0n) is 13.4. The highest BCUT2D eigenvalue weighted by Crippen LogP contribution is 2.14. The molecule has 8 nitrogen and oxygen atoms in total. The molecule has 2 aromatic heterocycles. The quantitative estimate of drug-likeness (QED) is 0.809. The van der Waals surface area contributed by atoms with Crippen molar-refractivity contribution in [2.75, 3.05) is 16.8 Å². The van der Waals surface area contributed by atoms with E-state index < -0.39 is 9.84 Å². The van der Waals surface area contributed by atoms with Crippen molar-refractivity contribution >= 4 is 21.4 Å². The highest BCUT2D eigenvalue weighted by Gasteiger charge is 2.14. The average Bonchev–Trinajstić information content (AvgIpc) is 3.07. The van der Waals surface area contributed by atoms with Gasteiger partial charge < -0.3 is 9.84 Å². The number of hydrogen-bond acceptors (Lipinski definition) is 6. The van der Waals surface area contributed by atoms with Crippen LogP contribution in [0.15, 0.2) is 16.9 Å². The van der Waals surface area contributed by atoms with Crippen LogP contribution in [-0.2, 0) is 27.6 Å². The third-order valence-electron chi connectivity index (χ3n) is 3.51. The first-order chi connectivity index (χ1) is 10.8.